The summed E-state index contributed by atoms with van der Waals surface area (Å²) in [5, 5.41) is 6.71. The lowest BCUT2D eigenvalue weighted by molar-refractivity contribution is -0.114. The summed E-state index contributed by atoms with van der Waals surface area (Å²) < 4.78 is 0. The van der Waals surface area contributed by atoms with Gasteiger partial charge in [0.1, 0.15) is 0 Å². The second kappa shape index (κ2) is 4.70. The molecule has 1 fully saturated rings. The summed E-state index contributed by atoms with van der Waals surface area (Å²) in [4.78, 5) is 10.9. The molecule has 0 radical (unpaired) electrons. The van der Waals surface area contributed by atoms with Crippen LogP contribution in [-0.4, -0.2) is 17.2 Å². The van der Waals surface area contributed by atoms with Crippen LogP contribution in [-0.2, 0) is 4.79 Å². The summed E-state index contributed by atoms with van der Waals surface area (Å²) in [6.45, 7) is 5.95. The van der Waals surface area contributed by atoms with Crippen molar-refractivity contribution in [3.8, 4) is 0 Å². The van der Waals surface area contributed by atoms with Gasteiger partial charge in [-0.3, -0.25) is 10.1 Å². The van der Waals surface area contributed by atoms with Gasteiger partial charge in [-0.05, 0) is 31.5 Å². The molecule has 3 nitrogen and oxygen atoms in total. The van der Waals surface area contributed by atoms with E-state index in [9.17, 15) is 4.79 Å². The number of hydrogen-bond acceptors (Lipinski definition) is 3. The highest BCUT2D eigenvalue weighted by atomic mass is 32.2. The Hall–Kier alpha value is -1.00. The summed E-state index contributed by atoms with van der Waals surface area (Å²) in [5.41, 5.74) is 2.31. The number of carbonyl (C=O) groups is 1. The van der Waals surface area contributed by atoms with Crippen LogP contribution in [0.2, 0.25) is 0 Å². The van der Waals surface area contributed by atoms with E-state index in [1.54, 1.807) is 0 Å². The fraction of sp³-hybridized carbons (Fsp3) is 0.462. The van der Waals surface area contributed by atoms with E-state index in [0.29, 0.717) is 5.37 Å². The average Bonchev–Trinajstić information content (AvgIpc) is 2.59. The maximum Gasteiger partial charge on any atom is 0.221 e. The van der Waals surface area contributed by atoms with Crippen molar-refractivity contribution in [3.63, 3.8) is 0 Å². The molecule has 1 aromatic carbocycles. The first-order valence-corrected chi connectivity index (χ1v) is 6.78. The van der Waals surface area contributed by atoms with E-state index < -0.39 is 0 Å². The smallest absolute Gasteiger partial charge is 0.221 e. The van der Waals surface area contributed by atoms with Crippen molar-refractivity contribution in [1.82, 2.24) is 5.32 Å². The minimum atomic E-state index is -0.0350. The van der Waals surface area contributed by atoms with Gasteiger partial charge < -0.3 is 5.32 Å². The first kappa shape index (κ1) is 12.5. The SMILES string of the molecule is CC(=O)Nc1ccc(C2NC(C)(C)CS2)cc1. The normalized spacial score (nSPS) is 22.4. The van der Waals surface area contributed by atoms with Crippen molar-refractivity contribution in [2.24, 2.45) is 0 Å². The maximum absolute atomic E-state index is 10.9. The van der Waals surface area contributed by atoms with E-state index in [0.717, 1.165) is 11.4 Å². The highest BCUT2D eigenvalue weighted by Crippen LogP contribution is 2.37. The summed E-state index contributed by atoms with van der Waals surface area (Å²) in [6, 6.07) is 8.03. The Morgan fingerprint density at radius 2 is 2.06 bits per heavy atom. The number of nitrogens with one attached hydrogen (secondary N) is 2. The lowest BCUT2D eigenvalue weighted by Gasteiger charge is -2.19. The van der Waals surface area contributed by atoms with Crippen molar-refractivity contribution < 1.29 is 4.79 Å². The maximum atomic E-state index is 10.9. The minimum Gasteiger partial charge on any atom is -0.326 e. The molecule has 17 heavy (non-hydrogen) atoms. The lowest BCUT2D eigenvalue weighted by Crippen LogP contribution is -2.35. The Morgan fingerprint density at radius 1 is 1.41 bits per heavy atom. The Balaban J connectivity index is 2.06. The van der Waals surface area contributed by atoms with Crippen LogP contribution >= 0.6 is 11.8 Å². The summed E-state index contributed by atoms with van der Waals surface area (Å²) in [5.74, 6) is 1.08. The molecule has 1 atom stereocenters. The molecule has 92 valence electrons. The van der Waals surface area contributed by atoms with Gasteiger partial charge in [0.05, 0.1) is 5.37 Å². The highest BCUT2D eigenvalue weighted by molar-refractivity contribution is 7.99. The molecule has 1 amide bonds. The Morgan fingerprint density at radius 3 is 2.53 bits per heavy atom. The molecule has 0 aromatic heterocycles. The van der Waals surface area contributed by atoms with Crippen LogP contribution in [0.15, 0.2) is 24.3 Å². The number of carbonyl (C=O) groups excluding carboxylic acids is 1. The van der Waals surface area contributed by atoms with E-state index in [4.69, 9.17) is 0 Å². The van der Waals surface area contributed by atoms with Gasteiger partial charge in [-0.25, -0.2) is 0 Å². The van der Waals surface area contributed by atoms with Gasteiger partial charge >= 0.3 is 0 Å². The third kappa shape index (κ3) is 3.23. The predicted octanol–water partition coefficient (Wildman–Crippen LogP) is 2.76. The van der Waals surface area contributed by atoms with E-state index in [-0.39, 0.29) is 11.4 Å². The van der Waals surface area contributed by atoms with Crippen LogP contribution in [0.25, 0.3) is 0 Å². The zero-order chi connectivity index (χ0) is 12.5. The second-order valence-corrected chi connectivity index (χ2v) is 6.12. The molecule has 1 heterocycles. The van der Waals surface area contributed by atoms with E-state index in [1.807, 2.05) is 23.9 Å². The lowest BCUT2D eigenvalue weighted by atomic mass is 10.1. The van der Waals surface area contributed by atoms with Crippen LogP contribution in [0.3, 0.4) is 0 Å². The van der Waals surface area contributed by atoms with Gasteiger partial charge in [-0.15, -0.1) is 11.8 Å². The zero-order valence-corrected chi connectivity index (χ0v) is 11.2. The Kier molecular flexibility index (Phi) is 3.45. The molecule has 2 N–H and O–H groups in total. The molecule has 0 spiro atoms. The van der Waals surface area contributed by atoms with E-state index in [1.165, 1.54) is 12.5 Å². The molecule has 1 aromatic rings. The number of hydrogen-bond donors (Lipinski definition) is 2. The van der Waals surface area contributed by atoms with Crippen molar-refractivity contribution >= 4 is 23.4 Å². The van der Waals surface area contributed by atoms with Gasteiger partial charge in [0, 0.05) is 23.9 Å². The number of rotatable bonds is 2. The summed E-state index contributed by atoms with van der Waals surface area (Å²) >= 11 is 1.92. The fourth-order valence-corrected chi connectivity index (χ4v) is 3.27. The van der Waals surface area contributed by atoms with Crippen LogP contribution in [0.4, 0.5) is 5.69 Å². The molecular formula is C13H18N2OS. The molecule has 1 saturated heterocycles. The molecule has 4 heteroatoms. The molecule has 1 aliphatic heterocycles. The number of amides is 1. The van der Waals surface area contributed by atoms with Crippen LogP contribution in [0.5, 0.6) is 0 Å². The molecule has 0 bridgehead atoms. The second-order valence-electron chi connectivity index (χ2n) is 5.02. The predicted molar refractivity (Wildman–Crippen MR) is 73.2 cm³/mol. The van der Waals surface area contributed by atoms with Gasteiger partial charge in [0.15, 0.2) is 0 Å². The fourth-order valence-electron chi connectivity index (χ4n) is 1.85. The zero-order valence-electron chi connectivity index (χ0n) is 10.4. The Labute approximate surface area is 106 Å². The monoisotopic (exact) mass is 250 g/mol. The molecule has 0 saturated carbocycles. The molecule has 1 aliphatic rings. The Bertz CT molecular complexity index is 414. The summed E-state index contributed by atoms with van der Waals surface area (Å²) in [6.07, 6.45) is 0. The number of anilines is 1. The first-order chi connectivity index (χ1) is 7.96. The van der Waals surface area contributed by atoms with E-state index in [2.05, 4.69) is 36.6 Å². The third-order valence-corrected chi connectivity index (χ3v) is 4.28. The number of benzene rings is 1. The quantitative estimate of drug-likeness (QED) is 0.848. The van der Waals surface area contributed by atoms with Crippen molar-refractivity contribution in [3.05, 3.63) is 29.8 Å². The summed E-state index contributed by atoms with van der Waals surface area (Å²) in [7, 11) is 0. The van der Waals surface area contributed by atoms with Crippen LogP contribution < -0.4 is 10.6 Å². The standard InChI is InChI=1S/C13H18N2OS/c1-9(16)14-11-6-4-10(5-7-11)12-15-13(2,3)8-17-12/h4-7,12,15H,8H2,1-3H3,(H,14,16). The minimum absolute atomic E-state index is 0.0350. The van der Waals surface area contributed by atoms with Crippen LogP contribution in [0, 0.1) is 0 Å². The first-order valence-electron chi connectivity index (χ1n) is 5.73. The van der Waals surface area contributed by atoms with Crippen molar-refractivity contribution in [2.45, 2.75) is 31.7 Å². The molecule has 1 unspecified atom stereocenters. The van der Waals surface area contributed by atoms with Gasteiger partial charge in [-0.2, -0.15) is 0 Å². The van der Waals surface area contributed by atoms with Crippen molar-refractivity contribution in [1.29, 1.82) is 0 Å². The highest BCUT2D eigenvalue weighted by Gasteiger charge is 2.31. The molecular weight excluding hydrogens is 232 g/mol. The van der Waals surface area contributed by atoms with Crippen molar-refractivity contribution in [2.75, 3.05) is 11.1 Å². The topological polar surface area (TPSA) is 41.1 Å². The number of thioether (sulfide) groups is 1. The van der Waals surface area contributed by atoms with Crippen LogP contribution in [0.1, 0.15) is 31.7 Å². The third-order valence-electron chi connectivity index (χ3n) is 2.67. The van der Waals surface area contributed by atoms with Gasteiger partial charge in [0.25, 0.3) is 0 Å². The average molecular weight is 250 g/mol. The van der Waals surface area contributed by atoms with Gasteiger partial charge in [-0.1, -0.05) is 12.1 Å². The molecule has 2 rings (SSSR count). The van der Waals surface area contributed by atoms with E-state index >= 15 is 0 Å². The molecule has 0 aliphatic carbocycles. The largest absolute Gasteiger partial charge is 0.326 e. The van der Waals surface area contributed by atoms with Gasteiger partial charge in [0.2, 0.25) is 5.91 Å².